The van der Waals surface area contributed by atoms with Crippen LogP contribution in [0, 0.1) is 0 Å². The van der Waals surface area contributed by atoms with E-state index in [1.54, 1.807) is 7.11 Å². The predicted molar refractivity (Wildman–Crippen MR) is 83.7 cm³/mol. The third-order valence-corrected chi connectivity index (χ3v) is 5.73. The molecule has 1 saturated carbocycles. The molecule has 4 heteroatoms. The Kier molecular flexibility index (Phi) is 3.71. The molecular formula is C16H22BrNO2. The van der Waals surface area contributed by atoms with Gasteiger partial charge in [-0.15, -0.1) is 0 Å². The van der Waals surface area contributed by atoms with Gasteiger partial charge in [-0.1, -0.05) is 28.8 Å². The molecule has 1 aromatic carbocycles. The number of hydrogen-bond donors (Lipinski definition) is 1. The van der Waals surface area contributed by atoms with Crippen LogP contribution in [0.5, 0.6) is 11.5 Å². The molecular weight excluding hydrogens is 318 g/mol. The first kappa shape index (κ1) is 14.2. The number of benzene rings is 1. The normalized spacial score (nSPS) is 23.5. The molecule has 110 valence electrons. The zero-order chi connectivity index (χ0) is 14.3. The van der Waals surface area contributed by atoms with E-state index in [9.17, 15) is 0 Å². The highest BCUT2D eigenvalue weighted by molar-refractivity contribution is 9.10. The molecule has 20 heavy (non-hydrogen) atoms. The lowest BCUT2D eigenvalue weighted by atomic mass is 9.78. The third kappa shape index (κ3) is 2.04. The summed E-state index contributed by atoms with van der Waals surface area (Å²) in [5.41, 5.74) is 8.80. The van der Waals surface area contributed by atoms with Gasteiger partial charge in [-0.05, 0) is 31.4 Å². The molecule has 0 bridgehead atoms. The Hall–Kier alpha value is -0.740. The summed E-state index contributed by atoms with van der Waals surface area (Å²) in [7, 11) is 1.71. The van der Waals surface area contributed by atoms with Gasteiger partial charge in [0.2, 0.25) is 0 Å². The minimum absolute atomic E-state index is 0.104. The van der Waals surface area contributed by atoms with Crippen molar-refractivity contribution in [1.82, 2.24) is 0 Å². The minimum Gasteiger partial charge on any atom is -0.493 e. The lowest BCUT2D eigenvalue weighted by molar-refractivity contribution is 0.243. The van der Waals surface area contributed by atoms with Crippen molar-refractivity contribution >= 4 is 15.9 Å². The highest BCUT2D eigenvalue weighted by atomic mass is 79.9. The Balaban J connectivity index is 2.15. The standard InChI is InChI=1S/C16H22BrNO2/c1-10-7-11-14(17)12(8-13(19-2)15(11)20-10)16(9-18)5-3-4-6-16/h8,10H,3-7,9,18H2,1-2H3. The van der Waals surface area contributed by atoms with E-state index in [1.807, 2.05) is 0 Å². The van der Waals surface area contributed by atoms with Crippen LogP contribution in [0.25, 0.3) is 0 Å². The molecule has 1 fully saturated rings. The highest BCUT2D eigenvalue weighted by Gasteiger charge is 2.39. The summed E-state index contributed by atoms with van der Waals surface area (Å²) in [6, 6.07) is 2.14. The monoisotopic (exact) mass is 339 g/mol. The van der Waals surface area contributed by atoms with E-state index in [4.69, 9.17) is 15.2 Å². The molecule has 0 saturated heterocycles. The van der Waals surface area contributed by atoms with Gasteiger partial charge in [0.25, 0.3) is 0 Å². The molecule has 1 aliphatic heterocycles. The number of ether oxygens (including phenoxy) is 2. The van der Waals surface area contributed by atoms with Crippen LogP contribution < -0.4 is 15.2 Å². The summed E-state index contributed by atoms with van der Waals surface area (Å²) < 4.78 is 12.7. The van der Waals surface area contributed by atoms with Gasteiger partial charge in [0.05, 0.1) is 7.11 Å². The van der Waals surface area contributed by atoms with E-state index < -0.39 is 0 Å². The zero-order valence-electron chi connectivity index (χ0n) is 12.2. The Bertz CT molecular complexity index is 524. The Morgan fingerprint density at radius 2 is 2.15 bits per heavy atom. The zero-order valence-corrected chi connectivity index (χ0v) is 13.8. The van der Waals surface area contributed by atoms with Crippen molar-refractivity contribution in [2.45, 2.75) is 50.5 Å². The number of hydrogen-bond acceptors (Lipinski definition) is 3. The lowest BCUT2D eigenvalue weighted by Crippen LogP contribution is -2.32. The van der Waals surface area contributed by atoms with Crippen molar-refractivity contribution < 1.29 is 9.47 Å². The number of methoxy groups -OCH3 is 1. The topological polar surface area (TPSA) is 44.5 Å². The van der Waals surface area contributed by atoms with Gasteiger partial charge in [0.1, 0.15) is 6.10 Å². The lowest BCUT2D eigenvalue weighted by Gasteiger charge is -2.30. The van der Waals surface area contributed by atoms with E-state index >= 15 is 0 Å². The molecule has 3 nitrogen and oxygen atoms in total. The molecule has 1 atom stereocenters. The van der Waals surface area contributed by atoms with Crippen molar-refractivity contribution in [3.05, 3.63) is 21.7 Å². The van der Waals surface area contributed by atoms with Crippen LogP contribution >= 0.6 is 15.9 Å². The summed E-state index contributed by atoms with van der Waals surface area (Å²) in [6.07, 6.45) is 6.00. The van der Waals surface area contributed by atoms with Crippen LogP contribution in [-0.4, -0.2) is 19.8 Å². The first-order valence-electron chi connectivity index (χ1n) is 7.38. The molecule has 0 aromatic heterocycles. The van der Waals surface area contributed by atoms with Crippen molar-refractivity contribution in [2.75, 3.05) is 13.7 Å². The van der Waals surface area contributed by atoms with Crippen LogP contribution in [0.15, 0.2) is 10.5 Å². The molecule has 0 spiro atoms. The summed E-state index contributed by atoms with van der Waals surface area (Å²) in [6.45, 7) is 2.80. The fourth-order valence-electron chi connectivity index (χ4n) is 3.69. The first-order valence-corrected chi connectivity index (χ1v) is 8.17. The minimum atomic E-state index is 0.104. The molecule has 1 heterocycles. The Morgan fingerprint density at radius 1 is 1.45 bits per heavy atom. The molecule has 0 amide bonds. The third-order valence-electron chi connectivity index (χ3n) is 4.83. The summed E-state index contributed by atoms with van der Waals surface area (Å²) in [4.78, 5) is 0. The van der Waals surface area contributed by atoms with E-state index in [2.05, 4.69) is 28.9 Å². The largest absolute Gasteiger partial charge is 0.493 e. The molecule has 1 aliphatic carbocycles. The average molecular weight is 340 g/mol. The SMILES string of the molecule is COc1cc(C2(CN)CCCC2)c(Br)c2c1OC(C)C2. The predicted octanol–water partition coefficient (Wildman–Crippen LogP) is 3.55. The summed E-state index contributed by atoms with van der Waals surface area (Å²) in [5.74, 6) is 1.75. The van der Waals surface area contributed by atoms with Gasteiger partial charge >= 0.3 is 0 Å². The highest BCUT2D eigenvalue weighted by Crippen LogP contribution is 2.50. The number of fused-ring (bicyclic) bond motifs is 1. The molecule has 2 N–H and O–H groups in total. The maximum Gasteiger partial charge on any atom is 0.166 e. The number of nitrogens with two attached hydrogens (primary N) is 1. The van der Waals surface area contributed by atoms with Gasteiger partial charge < -0.3 is 15.2 Å². The molecule has 1 aromatic rings. The van der Waals surface area contributed by atoms with Crippen molar-refractivity contribution in [1.29, 1.82) is 0 Å². The van der Waals surface area contributed by atoms with Gasteiger partial charge in [0, 0.05) is 28.4 Å². The second kappa shape index (κ2) is 5.23. The molecule has 1 unspecified atom stereocenters. The average Bonchev–Trinajstić information content (AvgIpc) is 3.06. The van der Waals surface area contributed by atoms with Crippen LogP contribution in [0.3, 0.4) is 0 Å². The van der Waals surface area contributed by atoms with Crippen molar-refractivity contribution in [2.24, 2.45) is 5.73 Å². The smallest absolute Gasteiger partial charge is 0.166 e. The molecule has 2 aliphatic rings. The first-order chi connectivity index (χ1) is 9.61. The maximum absolute atomic E-state index is 6.14. The van der Waals surface area contributed by atoms with Crippen LogP contribution in [-0.2, 0) is 11.8 Å². The Morgan fingerprint density at radius 3 is 2.75 bits per heavy atom. The summed E-state index contributed by atoms with van der Waals surface area (Å²) in [5, 5.41) is 0. The second-order valence-corrected chi connectivity index (χ2v) is 6.87. The Labute approximate surface area is 129 Å². The number of halogens is 1. The van der Waals surface area contributed by atoms with Crippen LogP contribution in [0.4, 0.5) is 0 Å². The fourth-order valence-corrected chi connectivity index (χ4v) is 4.56. The van der Waals surface area contributed by atoms with Gasteiger partial charge in [0.15, 0.2) is 11.5 Å². The van der Waals surface area contributed by atoms with E-state index in [0.717, 1.165) is 17.9 Å². The molecule has 0 radical (unpaired) electrons. The van der Waals surface area contributed by atoms with Crippen molar-refractivity contribution in [3.63, 3.8) is 0 Å². The van der Waals surface area contributed by atoms with E-state index in [1.165, 1.54) is 41.3 Å². The second-order valence-electron chi connectivity index (χ2n) is 6.07. The van der Waals surface area contributed by atoms with Gasteiger partial charge in [-0.2, -0.15) is 0 Å². The fraction of sp³-hybridized carbons (Fsp3) is 0.625. The van der Waals surface area contributed by atoms with E-state index in [0.29, 0.717) is 6.54 Å². The van der Waals surface area contributed by atoms with Gasteiger partial charge in [-0.25, -0.2) is 0 Å². The molecule has 3 rings (SSSR count). The maximum atomic E-state index is 6.14. The van der Waals surface area contributed by atoms with Gasteiger partial charge in [-0.3, -0.25) is 0 Å². The van der Waals surface area contributed by atoms with Crippen LogP contribution in [0.1, 0.15) is 43.7 Å². The van der Waals surface area contributed by atoms with Crippen molar-refractivity contribution in [3.8, 4) is 11.5 Å². The number of rotatable bonds is 3. The quantitative estimate of drug-likeness (QED) is 0.915. The van der Waals surface area contributed by atoms with Crippen LogP contribution in [0.2, 0.25) is 0 Å². The van der Waals surface area contributed by atoms with E-state index in [-0.39, 0.29) is 11.5 Å². The summed E-state index contributed by atoms with van der Waals surface area (Å²) >= 11 is 3.82.